The number of ether oxygens (including phenoxy) is 2. The number of carbonyl (C=O) groups is 2. The van der Waals surface area contributed by atoms with Gasteiger partial charge in [-0.25, -0.2) is 4.98 Å². The number of nitrogens with zero attached hydrogens (tertiary/aromatic N) is 4. The van der Waals surface area contributed by atoms with Gasteiger partial charge in [0.05, 0.1) is 32.2 Å². The summed E-state index contributed by atoms with van der Waals surface area (Å²) in [5.41, 5.74) is 5.20. The van der Waals surface area contributed by atoms with Crippen LogP contribution in [0, 0.1) is 0 Å². The summed E-state index contributed by atoms with van der Waals surface area (Å²) in [5, 5.41) is 1.16. The number of para-hydroxylation sites is 2. The van der Waals surface area contributed by atoms with E-state index < -0.39 is 0 Å². The molecule has 0 aliphatic carbocycles. The van der Waals surface area contributed by atoms with Crippen molar-refractivity contribution in [1.82, 2.24) is 15.0 Å². The topological polar surface area (TPSA) is 94.5 Å². The van der Waals surface area contributed by atoms with Crippen LogP contribution in [0.25, 0.3) is 52.0 Å². The lowest BCUT2D eigenvalue weighted by Gasteiger charge is -2.23. The fourth-order valence-electron chi connectivity index (χ4n) is 5.43. The molecule has 0 fully saturated rings. The Bertz CT molecular complexity index is 2380. The smallest absolute Gasteiger partial charge is 0.298 e. The largest absolute Gasteiger partial charge is 0.429 e. The molecule has 0 amide bonds. The average Bonchev–Trinajstić information content (AvgIpc) is 3.81. The Labute approximate surface area is 286 Å². The SMILES string of the molecule is O=COc1ccnc(-c2cc(OC=O)cc(-c3cc(-c4cc5sc6cc(N(c7ccccc7)c7ccccc7)sc6c5s4)ccn3)n2)c1. The van der Waals surface area contributed by atoms with Gasteiger partial charge in [0, 0.05) is 56.2 Å². The molecular formula is C37H22N4O4S3. The molecule has 0 atom stereocenters. The summed E-state index contributed by atoms with van der Waals surface area (Å²) in [6.07, 6.45) is 3.26. The zero-order valence-corrected chi connectivity index (χ0v) is 27.3. The summed E-state index contributed by atoms with van der Waals surface area (Å²) in [5.74, 6) is 0.603. The van der Waals surface area contributed by atoms with Crippen LogP contribution in [0.1, 0.15) is 0 Å². The average molecular weight is 683 g/mol. The van der Waals surface area contributed by atoms with Crippen molar-refractivity contribution < 1.29 is 19.1 Å². The third-order valence-corrected chi connectivity index (χ3v) is 11.3. The van der Waals surface area contributed by atoms with Crippen LogP contribution in [0.3, 0.4) is 0 Å². The van der Waals surface area contributed by atoms with Crippen LogP contribution >= 0.6 is 34.0 Å². The van der Waals surface area contributed by atoms with Crippen molar-refractivity contribution in [3.8, 4) is 44.7 Å². The van der Waals surface area contributed by atoms with Crippen LogP contribution in [0.4, 0.5) is 16.4 Å². The highest BCUT2D eigenvalue weighted by molar-refractivity contribution is 7.40. The maximum absolute atomic E-state index is 11.3. The molecule has 8 aromatic rings. The number of hydrogen-bond acceptors (Lipinski definition) is 11. The number of rotatable bonds is 10. The Balaban J connectivity index is 1.16. The summed E-state index contributed by atoms with van der Waals surface area (Å²) in [6, 6.07) is 35.8. The van der Waals surface area contributed by atoms with Crippen LogP contribution in [0.2, 0.25) is 0 Å². The zero-order chi connectivity index (χ0) is 32.5. The third-order valence-electron chi connectivity index (χ3n) is 7.53. The number of thiophene rings is 3. The second kappa shape index (κ2) is 12.8. The number of pyridine rings is 3. The normalized spacial score (nSPS) is 11.1. The molecule has 6 aromatic heterocycles. The van der Waals surface area contributed by atoms with E-state index in [1.54, 1.807) is 64.5 Å². The second-order valence-corrected chi connectivity index (χ2v) is 13.7. The van der Waals surface area contributed by atoms with Crippen molar-refractivity contribution in [3.63, 3.8) is 0 Å². The first kappa shape index (κ1) is 29.6. The molecule has 2 aromatic carbocycles. The second-order valence-electron chi connectivity index (χ2n) is 10.5. The Morgan fingerprint density at radius 3 is 1.83 bits per heavy atom. The predicted octanol–water partition coefficient (Wildman–Crippen LogP) is 9.90. The van der Waals surface area contributed by atoms with E-state index in [1.165, 1.54) is 25.0 Å². The molecule has 0 aliphatic rings. The monoisotopic (exact) mass is 682 g/mol. The number of aromatic nitrogens is 3. The lowest BCUT2D eigenvalue weighted by atomic mass is 10.1. The number of hydrogen-bond donors (Lipinski definition) is 0. The summed E-state index contributed by atoms with van der Waals surface area (Å²) in [7, 11) is 0. The van der Waals surface area contributed by atoms with Crippen LogP contribution in [-0.2, 0) is 9.59 Å². The van der Waals surface area contributed by atoms with Gasteiger partial charge in [0.25, 0.3) is 12.9 Å². The number of carbonyl (C=O) groups excluding carboxylic acids is 2. The van der Waals surface area contributed by atoms with Crippen molar-refractivity contribution in [2.75, 3.05) is 4.90 Å². The molecule has 8 rings (SSSR count). The van der Waals surface area contributed by atoms with E-state index in [9.17, 15) is 9.59 Å². The van der Waals surface area contributed by atoms with Crippen molar-refractivity contribution in [1.29, 1.82) is 0 Å². The summed E-state index contributed by atoms with van der Waals surface area (Å²) in [4.78, 5) is 39.3. The molecule has 8 nitrogen and oxygen atoms in total. The molecule has 0 radical (unpaired) electrons. The van der Waals surface area contributed by atoms with Crippen LogP contribution in [0.5, 0.6) is 11.5 Å². The Kier molecular flexibility index (Phi) is 7.90. The van der Waals surface area contributed by atoms with Crippen LogP contribution in [-0.4, -0.2) is 27.9 Å². The lowest BCUT2D eigenvalue weighted by Crippen LogP contribution is -2.07. The summed E-state index contributed by atoms with van der Waals surface area (Å²) < 4.78 is 15.2. The highest BCUT2D eigenvalue weighted by atomic mass is 32.1. The minimum atomic E-state index is 0.285. The van der Waals surface area contributed by atoms with E-state index in [0.29, 0.717) is 41.5 Å². The van der Waals surface area contributed by atoms with Gasteiger partial charge < -0.3 is 14.4 Å². The summed E-state index contributed by atoms with van der Waals surface area (Å²) in [6.45, 7) is 0.709. The van der Waals surface area contributed by atoms with Gasteiger partial charge in [0.15, 0.2) is 0 Å². The molecular weight excluding hydrogens is 661 g/mol. The number of anilines is 3. The van der Waals surface area contributed by atoms with E-state index in [0.717, 1.165) is 26.8 Å². The molecule has 48 heavy (non-hydrogen) atoms. The Hall–Kier alpha value is -5.75. The molecule has 0 N–H and O–H groups in total. The van der Waals surface area contributed by atoms with Gasteiger partial charge in [0.2, 0.25) is 0 Å². The first-order valence-electron chi connectivity index (χ1n) is 14.7. The first-order chi connectivity index (χ1) is 23.7. The van der Waals surface area contributed by atoms with E-state index >= 15 is 0 Å². The van der Waals surface area contributed by atoms with Gasteiger partial charge >= 0.3 is 0 Å². The minimum Gasteiger partial charge on any atom is -0.429 e. The van der Waals surface area contributed by atoms with E-state index in [1.807, 2.05) is 24.3 Å². The fourth-order valence-corrected chi connectivity index (χ4v) is 9.48. The van der Waals surface area contributed by atoms with Crippen molar-refractivity contribution in [2.45, 2.75) is 0 Å². The molecule has 0 aliphatic heterocycles. The molecule has 232 valence electrons. The maximum atomic E-state index is 11.3. The van der Waals surface area contributed by atoms with Crippen molar-refractivity contribution in [3.05, 3.63) is 122 Å². The quantitative estimate of drug-likeness (QED) is 0.132. The fraction of sp³-hybridized carbons (Fsp3) is 0. The van der Waals surface area contributed by atoms with Gasteiger partial charge in [-0.3, -0.25) is 19.6 Å². The van der Waals surface area contributed by atoms with E-state index in [2.05, 4.69) is 75.5 Å². The molecule has 0 saturated heterocycles. The molecule has 11 heteroatoms. The molecule has 6 heterocycles. The number of benzene rings is 2. The summed E-state index contributed by atoms with van der Waals surface area (Å²) >= 11 is 5.35. The molecule has 0 unspecified atom stereocenters. The highest BCUT2D eigenvalue weighted by Gasteiger charge is 2.20. The van der Waals surface area contributed by atoms with Gasteiger partial charge in [-0.1, -0.05) is 36.4 Å². The van der Waals surface area contributed by atoms with Gasteiger partial charge in [-0.05, 0) is 60.2 Å². The van der Waals surface area contributed by atoms with Crippen molar-refractivity contribution >= 4 is 82.1 Å². The zero-order valence-electron chi connectivity index (χ0n) is 24.8. The lowest BCUT2D eigenvalue weighted by molar-refractivity contribution is -0.121. The third kappa shape index (κ3) is 5.71. The Morgan fingerprint density at radius 2 is 1.15 bits per heavy atom. The van der Waals surface area contributed by atoms with E-state index in [-0.39, 0.29) is 5.75 Å². The molecule has 0 spiro atoms. The van der Waals surface area contributed by atoms with Gasteiger partial charge in [-0.15, -0.1) is 34.0 Å². The van der Waals surface area contributed by atoms with Gasteiger partial charge in [0.1, 0.15) is 16.5 Å². The Morgan fingerprint density at radius 1 is 0.562 bits per heavy atom. The predicted molar refractivity (Wildman–Crippen MR) is 193 cm³/mol. The van der Waals surface area contributed by atoms with Gasteiger partial charge in [-0.2, -0.15) is 0 Å². The van der Waals surface area contributed by atoms with Crippen LogP contribution in [0.15, 0.2) is 122 Å². The van der Waals surface area contributed by atoms with Crippen LogP contribution < -0.4 is 14.4 Å². The minimum absolute atomic E-state index is 0.285. The molecule has 0 bridgehead atoms. The molecule has 0 saturated carbocycles. The first-order valence-corrected chi connectivity index (χ1v) is 17.1. The van der Waals surface area contributed by atoms with Crippen molar-refractivity contribution in [2.24, 2.45) is 0 Å². The number of fused-ring (bicyclic) bond motifs is 3. The highest BCUT2D eigenvalue weighted by Crippen LogP contribution is 2.50. The standard InChI is InChI=1S/C37H22N4O4S3/c42-21-44-26-12-14-39-29(16-26)31-18-27(45-22-43)17-30(40-31)28-15-23(11-13-38-28)32-19-33-36(47-32)37-34(46-33)20-35(48-37)41(24-7-3-1-4-8-24)25-9-5-2-6-10-25/h1-22H. The maximum Gasteiger partial charge on any atom is 0.298 e. The van der Waals surface area contributed by atoms with E-state index in [4.69, 9.17) is 14.5 Å².